The summed E-state index contributed by atoms with van der Waals surface area (Å²) in [4.78, 5) is 37.8. The Hall–Kier alpha value is -3.35. The minimum absolute atomic E-state index is 0.140. The second-order valence-corrected chi connectivity index (χ2v) is 6.51. The molecule has 1 unspecified atom stereocenters. The highest BCUT2D eigenvalue weighted by Gasteiger charge is 2.28. The number of amides is 4. The number of carbonyl (C=O) groups excluding carboxylic acids is 3. The lowest BCUT2D eigenvalue weighted by Gasteiger charge is -2.32. The van der Waals surface area contributed by atoms with Crippen molar-refractivity contribution in [1.82, 2.24) is 4.90 Å². The third-order valence-corrected chi connectivity index (χ3v) is 4.54. The largest absolute Gasteiger partial charge is 0.366 e. The van der Waals surface area contributed by atoms with E-state index in [2.05, 4.69) is 10.6 Å². The number of carbonyl (C=O) groups is 3. The van der Waals surface area contributed by atoms with E-state index in [0.29, 0.717) is 24.3 Å². The van der Waals surface area contributed by atoms with E-state index in [1.807, 2.05) is 30.3 Å². The average molecular weight is 366 g/mol. The molecule has 27 heavy (non-hydrogen) atoms. The van der Waals surface area contributed by atoms with E-state index in [-0.39, 0.29) is 17.9 Å². The number of nitrogens with two attached hydrogens (primary N) is 1. The van der Waals surface area contributed by atoms with Crippen molar-refractivity contribution in [2.45, 2.75) is 12.8 Å². The van der Waals surface area contributed by atoms with Crippen LogP contribution in [0.2, 0.25) is 0 Å². The van der Waals surface area contributed by atoms with E-state index in [0.717, 1.165) is 18.5 Å². The Morgan fingerprint density at radius 3 is 2.26 bits per heavy atom. The number of nitrogens with one attached hydrogen (secondary N) is 2. The zero-order valence-corrected chi connectivity index (χ0v) is 14.9. The van der Waals surface area contributed by atoms with Crippen molar-refractivity contribution in [3.05, 3.63) is 60.2 Å². The Morgan fingerprint density at radius 1 is 0.926 bits per heavy atom. The third kappa shape index (κ3) is 4.84. The smallest absolute Gasteiger partial charge is 0.321 e. The number of benzene rings is 2. The SMILES string of the molecule is NC(=O)c1ccc(NC(=O)C2CCCN(C(=O)Nc3ccccc3)C2)cc1. The number of primary amides is 1. The molecule has 1 aliphatic heterocycles. The van der Waals surface area contributed by atoms with Gasteiger partial charge in [0.05, 0.1) is 5.92 Å². The highest BCUT2D eigenvalue weighted by atomic mass is 16.2. The monoisotopic (exact) mass is 366 g/mol. The number of para-hydroxylation sites is 1. The van der Waals surface area contributed by atoms with Crippen molar-refractivity contribution in [1.29, 1.82) is 0 Å². The molecule has 0 saturated carbocycles. The van der Waals surface area contributed by atoms with Gasteiger partial charge >= 0.3 is 6.03 Å². The molecule has 3 rings (SSSR count). The number of piperidine rings is 1. The van der Waals surface area contributed by atoms with Crippen molar-refractivity contribution < 1.29 is 14.4 Å². The van der Waals surface area contributed by atoms with Crippen LogP contribution in [0.3, 0.4) is 0 Å². The Morgan fingerprint density at radius 2 is 1.59 bits per heavy atom. The molecule has 2 aromatic carbocycles. The van der Waals surface area contributed by atoms with E-state index in [9.17, 15) is 14.4 Å². The Kier molecular flexibility index (Phi) is 5.71. The van der Waals surface area contributed by atoms with Gasteiger partial charge in [0.1, 0.15) is 0 Å². The van der Waals surface area contributed by atoms with E-state index in [1.54, 1.807) is 29.2 Å². The maximum Gasteiger partial charge on any atom is 0.321 e. The van der Waals surface area contributed by atoms with Gasteiger partial charge in [0, 0.05) is 30.0 Å². The van der Waals surface area contributed by atoms with Gasteiger partial charge in [-0.05, 0) is 49.2 Å². The Bertz CT molecular complexity index is 821. The van der Waals surface area contributed by atoms with Gasteiger partial charge in [-0.2, -0.15) is 0 Å². The maximum atomic E-state index is 12.6. The second-order valence-electron chi connectivity index (χ2n) is 6.51. The highest BCUT2D eigenvalue weighted by Crippen LogP contribution is 2.20. The van der Waals surface area contributed by atoms with Gasteiger partial charge in [-0.1, -0.05) is 18.2 Å². The summed E-state index contributed by atoms with van der Waals surface area (Å²) >= 11 is 0. The average Bonchev–Trinajstić information content (AvgIpc) is 2.69. The molecule has 7 heteroatoms. The van der Waals surface area contributed by atoms with Gasteiger partial charge in [0.2, 0.25) is 11.8 Å². The standard InChI is InChI=1S/C20H22N4O3/c21-18(25)14-8-10-17(11-9-14)22-19(26)15-5-4-12-24(13-15)20(27)23-16-6-2-1-3-7-16/h1-3,6-11,15H,4-5,12-13H2,(H2,21,25)(H,22,26)(H,23,27). The van der Waals surface area contributed by atoms with Crippen LogP contribution in [0.4, 0.5) is 16.2 Å². The molecular formula is C20H22N4O3. The lowest BCUT2D eigenvalue weighted by atomic mass is 9.97. The molecule has 1 aliphatic rings. The zero-order chi connectivity index (χ0) is 19.2. The second kappa shape index (κ2) is 8.35. The molecule has 2 aromatic rings. The van der Waals surface area contributed by atoms with E-state index < -0.39 is 5.91 Å². The van der Waals surface area contributed by atoms with Crippen LogP contribution >= 0.6 is 0 Å². The van der Waals surface area contributed by atoms with Crippen LogP contribution in [0.1, 0.15) is 23.2 Å². The van der Waals surface area contributed by atoms with Gasteiger partial charge in [-0.15, -0.1) is 0 Å². The molecule has 0 aliphatic carbocycles. The first-order valence-corrected chi connectivity index (χ1v) is 8.84. The number of likely N-dealkylation sites (tertiary alicyclic amines) is 1. The van der Waals surface area contributed by atoms with Crippen molar-refractivity contribution in [2.75, 3.05) is 23.7 Å². The molecule has 0 aromatic heterocycles. The lowest BCUT2D eigenvalue weighted by Crippen LogP contribution is -2.45. The summed E-state index contributed by atoms with van der Waals surface area (Å²) < 4.78 is 0. The van der Waals surface area contributed by atoms with Gasteiger partial charge in [0.25, 0.3) is 0 Å². The molecule has 1 fully saturated rings. The zero-order valence-electron chi connectivity index (χ0n) is 14.9. The van der Waals surface area contributed by atoms with Crippen LogP contribution in [0.5, 0.6) is 0 Å². The lowest BCUT2D eigenvalue weighted by molar-refractivity contribution is -0.121. The van der Waals surface area contributed by atoms with Gasteiger partial charge < -0.3 is 21.3 Å². The minimum Gasteiger partial charge on any atom is -0.366 e. The molecule has 4 N–H and O–H groups in total. The molecule has 140 valence electrons. The predicted octanol–water partition coefficient (Wildman–Crippen LogP) is 2.67. The fourth-order valence-corrected chi connectivity index (χ4v) is 3.06. The Labute approximate surface area is 157 Å². The number of hydrogen-bond donors (Lipinski definition) is 3. The first-order chi connectivity index (χ1) is 13.0. The number of hydrogen-bond acceptors (Lipinski definition) is 3. The predicted molar refractivity (Wildman–Crippen MR) is 103 cm³/mol. The molecule has 1 atom stereocenters. The normalized spacial score (nSPS) is 16.4. The van der Waals surface area contributed by atoms with Gasteiger partial charge in [0.15, 0.2) is 0 Å². The Balaban J connectivity index is 1.57. The highest BCUT2D eigenvalue weighted by molar-refractivity contribution is 5.96. The fraction of sp³-hybridized carbons (Fsp3) is 0.250. The molecule has 0 radical (unpaired) electrons. The summed E-state index contributed by atoms with van der Waals surface area (Å²) in [6.07, 6.45) is 1.49. The first kappa shape index (κ1) is 18.4. The van der Waals surface area contributed by atoms with Gasteiger partial charge in [-0.25, -0.2) is 4.79 Å². The summed E-state index contributed by atoms with van der Waals surface area (Å²) in [7, 11) is 0. The number of rotatable bonds is 4. The van der Waals surface area contributed by atoms with Crippen LogP contribution in [0, 0.1) is 5.92 Å². The summed E-state index contributed by atoms with van der Waals surface area (Å²) in [6.45, 7) is 0.986. The number of anilines is 2. The molecule has 0 bridgehead atoms. The van der Waals surface area contributed by atoms with E-state index in [4.69, 9.17) is 5.73 Å². The van der Waals surface area contributed by atoms with Crippen molar-refractivity contribution in [3.63, 3.8) is 0 Å². The number of nitrogens with zero attached hydrogens (tertiary/aromatic N) is 1. The molecule has 4 amide bonds. The molecule has 1 heterocycles. The van der Waals surface area contributed by atoms with Crippen LogP contribution in [-0.4, -0.2) is 35.8 Å². The van der Waals surface area contributed by atoms with Crippen LogP contribution < -0.4 is 16.4 Å². The molecule has 0 spiro atoms. The summed E-state index contributed by atoms with van der Waals surface area (Å²) in [5, 5.41) is 5.69. The van der Waals surface area contributed by atoms with Gasteiger partial charge in [-0.3, -0.25) is 9.59 Å². The summed E-state index contributed by atoms with van der Waals surface area (Å²) in [5.74, 6) is -0.935. The summed E-state index contributed by atoms with van der Waals surface area (Å²) in [6, 6.07) is 15.4. The minimum atomic E-state index is -0.514. The quantitative estimate of drug-likeness (QED) is 0.775. The molecule has 7 nitrogen and oxygen atoms in total. The topological polar surface area (TPSA) is 105 Å². The molecule has 1 saturated heterocycles. The van der Waals surface area contributed by atoms with Crippen LogP contribution in [-0.2, 0) is 4.79 Å². The van der Waals surface area contributed by atoms with Crippen LogP contribution in [0.15, 0.2) is 54.6 Å². The molecular weight excluding hydrogens is 344 g/mol. The fourth-order valence-electron chi connectivity index (χ4n) is 3.06. The van der Waals surface area contributed by atoms with E-state index in [1.165, 1.54) is 0 Å². The van der Waals surface area contributed by atoms with E-state index >= 15 is 0 Å². The first-order valence-electron chi connectivity index (χ1n) is 8.84. The summed E-state index contributed by atoms with van der Waals surface area (Å²) in [5.41, 5.74) is 6.91. The van der Waals surface area contributed by atoms with Crippen molar-refractivity contribution in [2.24, 2.45) is 11.7 Å². The van der Waals surface area contributed by atoms with Crippen LogP contribution in [0.25, 0.3) is 0 Å². The van der Waals surface area contributed by atoms with Crippen molar-refractivity contribution >= 4 is 29.2 Å². The van der Waals surface area contributed by atoms with Crippen molar-refractivity contribution in [3.8, 4) is 0 Å². The third-order valence-electron chi connectivity index (χ3n) is 4.54. The maximum absolute atomic E-state index is 12.6. The number of urea groups is 1.